The maximum atomic E-state index is 12.6. The fraction of sp³-hybridized carbons (Fsp3) is 0.333. The molecule has 1 saturated heterocycles. The Morgan fingerprint density at radius 2 is 1.86 bits per heavy atom. The lowest BCUT2D eigenvalue weighted by molar-refractivity contribution is 0.0474. The fourth-order valence-electron chi connectivity index (χ4n) is 3.01. The number of amides is 2. The second-order valence-electron chi connectivity index (χ2n) is 6.76. The minimum absolute atomic E-state index is 0.0761. The number of nitrogens with one attached hydrogen (secondary N) is 1. The van der Waals surface area contributed by atoms with Crippen LogP contribution in [-0.2, 0) is 11.3 Å². The molecular formula is C21H23ClN2O5. The molecular weight excluding hydrogens is 396 g/mol. The molecule has 0 bridgehead atoms. The molecule has 8 heteroatoms. The van der Waals surface area contributed by atoms with E-state index >= 15 is 0 Å². The number of aliphatic hydroxyl groups excluding tert-OH is 1. The van der Waals surface area contributed by atoms with Gasteiger partial charge in [0, 0.05) is 18.1 Å². The van der Waals surface area contributed by atoms with Crippen molar-refractivity contribution >= 4 is 29.3 Å². The van der Waals surface area contributed by atoms with Crippen LogP contribution in [-0.4, -0.2) is 48.3 Å². The van der Waals surface area contributed by atoms with Crippen LogP contribution in [0.4, 0.5) is 10.5 Å². The SMILES string of the molecule is COc1ccc(COC(=O)c2cc(Cl)ccc2NC(=O)N2CCC(O)CC2)cc1. The topological polar surface area (TPSA) is 88.1 Å². The molecule has 1 aliphatic heterocycles. The number of esters is 1. The molecule has 0 unspecified atom stereocenters. The molecule has 2 amide bonds. The van der Waals surface area contributed by atoms with E-state index in [9.17, 15) is 14.7 Å². The number of nitrogens with zero attached hydrogens (tertiary/aromatic N) is 1. The first-order chi connectivity index (χ1) is 14.0. The second-order valence-corrected chi connectivity index (χ2v) is 7.20. The van der Waals surface area contributed by atoms with Crippen molar-refractivity contribution in [1.29, 1.82) is 0 Å². The minimum Gasteiger partial charge on any atom is -0.497 e. The van der Waals surface area contributed by atoms with Crippen LogP contribution >= 0.6 is 11.6 Å². The lowest BCUT2D eigenvalue weighted by Gasteiger charge is -2.29. The molecule has 7 nitrogen and oxygen atoms in total. The molecule has 0 spiro atoms. The molecule has 1 heterocycles. The van der Waals surface area contributed by atoms with Gasteiger partial charge in [-0.15, -0.1) is 0 Å². The Bertz CT molecular complexity index is 864. The van der Waals surface area contributed by atoms with Gasteiger partial charge in [0.05, 0.1) is 24.5 Å². The molecule has 0 aromatic heterocycles. The zero-order valence-electron chi connectivity index (χ0n) is 16.1. The summed E-state index contributed by atoms with van der Waals surface area (Å²) in [5.74, 6) is 0.123. The van der Waals surface area contributed by atoms with E-state index in [0.29, 0.717) is 42.4 Å². The Morgan fingerprint density at radius 1 is 1.17 bits per heavy atom. The van der Waals surface area contributed by atoms with Crippen molar-refractivity contribution in [3.8, 4) is 5.75 Å². The first kappa shape index (κ1) is 21.0. The van der Waals surface area contributed by atoms with Gasteiger partial charge in [-0.25, -0.2) is 9.59 Å². The Kier molecular flexibility index (Phi) is 6.95. The number of aliphatic hydroxyl groups is 1. The highest BCUT2D eigenvalue weighted by Crippen LogP contribution is 2.23. The molecule has 0 saturated carbocycles. The van der Waals surface area contributed by atoms with Crippen LogP contribution in [0.1, 0.15) is 28.8 Å². The smallest absolute Gasteiger partial charge is 0.340 e. The standard InChI is InChI=1S/C21H23ClN2O5/c1-28-17-5-2-14(3-6-17)13-29-20(26)18-12-15(22)4-7-19(18)23-21(27)24-10-8-16(25)9-11-24/h2-7,12,16,25H,8-11,13H2,1H3,(H,23,27). The predicted octanol–water partition coefficient (Wildman–Crippen LogP) is 3.69. The van der Waals surface area contributed by atoms with Gasteiger partial charge < -0.3 is 24.8 Å². The summed E-state index contributed by atoms with van der Waals surface area (Å²) in [6.45, 7) is 0.989. The van der Waals surface area contributed by atoms with E-state index in [1.807, 2.05) is 0 Å². The van der Waals surface area contributed by atoms with Crippen molar-refractivity contribution in [2.24, 2.45) is 0 Å². The highest BCUT2D eigenvalue weighted by atomic mass is 35.5. The van der Waals surface area contributed by atoms with Crippen molar-refractivity contribution in [1.82, 2.24) is 4.90 Å². The molecule has 3 rings (SSSR count). The second kappa shape index (κ2) is 9.62. The third-order valence-corrected chi connectivity index (χ3v) is 4.96. The number of carbonyl (C=O) groups is 2. The summed E-state index contributed by atoms with van der Waals surface area (Å²) in [6, 6.07) is 11.5. The van der Waals surface area contributed by atoms with Crippen molar-refractivity contribution in [3.05, 3.63) is 58.6 Å². The van der Waals surface area contributed by atoms with E-state index in [4.69, 9.17) is 21.1 Å². The Balaban J connectivity index is 1.66. The van der Waals surface area contributed by atoms with Gasteiger partial charge in [-0.2, -0.15) is 0 Å². The van der Waals surface area contributed by atoms with Gasteiger partial charge in [0.1, 0.15) is 12.4 Å². The van der Waals surface area contributed by atoms with Crippen LogP contribution in [0.2, 0.25) is 5.02 Å². The number of urea groups is 1. The van der Waals surface area contributed by atoms with Crippen molar-refractivity contribution < 1.29 is 24.2 Å². The largest absolute Gasteiger partial charge is 0.497 e. The number of methoxy groups -OCH3 is 1. The van der Waals surface area contributed by atoms with Crippen LogP contribution in [0.25, 0.3) is 0 Å². The van der Waals surface area contributed by atoms with Gasteiger partial charge in [0.25, 0.3) is 0 Å². The predicted molar refractivity (Wildman–Crippen MR) is 109 cm³/mol. The molecule has 2 aromatic carbocycles. The van der Waals surface area contributed by atoms with E-state index in [-0.39, 0.29) is 24.3 Å². The lowest BCUT2D eigenvalue weighted by Crippen LogP contribution is -2.42. The Morgan fingerprint density at radius 3 is 2.52 bits per heavy atom. The number of carbonyl (C=O) groups excluding carboxylic acids is 2. The lowest BCUT2D eigenvalue weighted by atomic mass is 10.1. The Labute approximate surface area is 174 Å². The highest BCUT2D eigenvalue weighted by molar-refractivity contribution is 6.31. The maximum absolute atomic E-state index is 12.6. The van der Waals surface area contributed by atoms with Gasteiger partial charge in [-0.1, -0.05) is 23.7 Å². The van der Waals surface area contributed by atoms with Crippen LogP contribution in [0.15, 0.2) is 42.5 Å². The summed E-state index contributed by atoms with van der Waals surface area (Å²) in [5, 5.41) is 12.7. The first-order valence-corrected chi connectivity index (χ1v) is 9.67. The van der Waals surface area contributed by atoms with Crippen molar-refractivity contribution in [2.45, 2.75) is 25.6 Å². The molecule has 2 N–H and O–H groups in total. The number of piperidine rings is 1. The zero-order chi connectivity index (χ0) is 20.8. The summed E-state index contributed by atoms with van der Waals surface area (Å²) in [4.78, 5) is 26.7. The maximum Gasteiger partial charge on any atom is 0.340 e. The van der Waals surface area contributed by atoms with E-state index < -0.39 is 5.97 Å². The summed E-state index contributed by atoms with van der Waals surface area (Å²) < 4.78 is 10.5. The number of benzene rings is 2. The number of likely N-dealkylation sites (tertiary alicyclic amines) is 1. The van der Waals surface area contributed by atoms with E-state index in [1.165, 1.54) is 6.07 Å². The number of anilines is 1. The van der Waals surface area contributed by atoms with Gasteiger partial charge in [-0.05, 0) is 48.7 Å². The van der Waals surface area contributed by atoms with Crippen LogP contribution in [0.5, 0.6) is 5.75 Å². The van der Waals surface area contributed by atoms with Crippen molar-refractivity contribution in [2.75, 3.05) is 25.5 Å². The summed E-state index contributed by atoms with van der Waals surface area (Å²) >= 11 is 6.04. The molecule has 154 valence electrons. The highest BCUT2D eigenvalue weighted by Gasteiger charge is 2.23. The van der Waals surface area contributed by atoms with Gasteiger partial charge in [-0.3, -0.25) is 0 Å². The number of hydrogen-bond acceptors (Lipinski definition) is 5. The number of hydrogen-bond donors (Lipinski definition) is 2. The third kappa shape index (κ3) is 5.62. The zero-order valence-corrected chi connectivity index (χ0v) is 16.8. The molecule has 0 atom stereocenters. The monoisotopic (exact) mass is 418 g/mol. The average Bonchev–Trinajstić information content (AvgIpc) is 2.74. The quantitative estimate of drug-likeness (QED) is 0.723. The average molecular weight is 419 g/mol. The summed E-state index contributed by atoms with van der Waals surface area (Å²) in [6.07, 6.45) is 0.688. The molecule has 1 aliphatic rings. The van der Waals surface area contributed by atoms with Gasteiger partial charge in [0.2, 0.25) is 0 Å². The van der Waals surface area contributed by atoms with Crippen molar-refractivity contribution in [3.63, 3.8) is 0 Å². The summed E-state index contributed by atoms with van der Waals surface area (Å²) in [7, 11) is 1.58. The normalized spacial score (nSPS) is 14.4. The van der Waals surface area contributed by atoms with Crippen LogP contribution in [0, 0.1) is 0 Å². The first-order valence-electron chi connectivity index (χ1n) is 9.30. The Hall–Kier alpha value is -2.77. The molecule has 29 heavy (non-hydrogen) atoms. The van der Waals surface area contributed by atoms with Gasteiger partial charge >= 0.3 is 12.0 Å². The fourth-order valence-corrected chi connectivity index (χ4v) is 3.18. The molecule has 2 aromatic rings. The number of rotatable bonds is 5. The number of ether oxygens (including phenoxy) is 2. The molecule has 0 radical (unpaired) electrons. The molecule has 0 aliphatic carbocycles. The molecule has 1 fully saturated rings. The van der Waals surface area contributed by atoms with Crippen LogP contribution < -0.4 is 10.1 Å². The van der Waals surface area contributed by atoms with Crippen LogP contribution in [0.3, 0.4) is 0 Å². The minimum atomic E-state index is -0.590. The summed E-state index contributed by atoms with van der Waals surface area (Å²) in [5.41, 5.74) is 1.31. The van der Waals surface area contributed by atoms with E-state index in [0.717, 1.165) is 5.56 Å². The third-order valence-electron chi connectivity index (χ3n) is 4.72. The van der Waals surface area contributed by atoms with E-state index in [2.05, 4.69) is 5.32 Å². The van der Waals surface area contributed by atoms with E-state index in [1.54, 1.807) is 48.4 Å². The van der Waals surface area contributed by atoms with Gasteiger partial charge in [0.15, 0.2) is 0 Å². The number of halogens is 1.